The molecule has 88 valence electrons. The number of carbonyl (C=O) groups excluding carboxylic acids is 1. The molecule has 0 fully saturated rings. The van der Waals surface area contributed by atoms with Crippen molar-refractivity contribution >= 4 is 21.8 Å². The number of nitrogens with zero attached hydrogens (tertiary/aromatic N) is 3. The lowest BCUT2D eigenvalue weighted by Crippen LogP contribution is -2.24. The number of nitrogens with one attached hydrogen (secondary N) is 2. The Morgan fingerprint density at radius 1 is 1.53 bits per heavy atom. The van der Waals surface area contributed by atoms with E-state index in [4.69, 9.17) is 0 Å². The largest absolute Gasteiger partial charge is 0.345 e. The van der Waals surface area contributed by atoms with Gasteiger partial charge in [0.1, 0.15) is 0 Å². The molecule has 0 bridgehead atoms. The Hall–Kier alpha value is -1.76. The highest BCUT2D eigenvalue weighted by molar-refractivity contribution is 9.10. The molecule has 0 saturated carbocycles. The fourth-order valence-electron chi connectivity index (χ4n) is 1.35. The molecule has 0 aliphatic carbocycles. The molecule has 0 aliphatic rings. The molecule has 0 atom stereocenters. The summed E-state index contributed by atoms with van der Waals surface area (Å²) in [6, 6.07) is 5.56. The molecule has 2 rings (SSSR count). The van der Waals surface area contributed by atoms with E-state index in [1.807, 2.05) is 19.1 Å². The minimum Gasteiger partial charge on any atom is -0.345 e. The van der Waals surface area contributed by atoms with Gasteiger partial charge in [0.2, 0.25) is 0 Å². The lowest BCUT2D eigenvalue weighted by molar-refractivity contribution is 0.0949. The average Bonchev–Trinajstić information content (AvgIpc) is 2.82. The number of tetrazole rings is 1. The zero-order valence-electron chi connectivity index (χ0n) is 9.07. The molecule has 1 aromatic carbocycles. The zero-order valence-corrected chi connectivity index (χ0v) is 10.7. The summed E-state index contributed by atoms with van der Waals surface area (Å²) in [5.74, 6) is 0.291. The van der Waals surface area contributed by atoms with Gasteiger partial charge < -0.3 is 5.32 Å². The van der Waals surface area contributed by atoms with Crippen molar-refractivity contribution in [2.75, 3.05) is 0 Å². The number of amides is 1. The summed E-state index contributed by atoms with van der Waals surface area (Å²) >= 11 is 3.33. The van der Waals surface area contributed by atoms with Gasteiger partial charge in [0, 0.05) is 10.0 Å². The fraction of sp³-hybridized carbons (Fsp3) is 0.200. The molecule has 1 aromatic heterocycles. The number of benzene rings is 1. The Balaban J connectivity index is 2.07. The van der Waals surface area contributed by atoms with Crippen LogP contribution in [-0.4, -0.2) is 26.5 Å². The summed E-state index contributed by atoms with van der Waals surface area (Å²) in [6.07, 6.45) is 0. The number of aromatic nitrogens is 4. The van der Waals surface area contributed by atoms with Gasteiger partial charge in [0.15, 0.2) is 5.82 Å². The van der Waals surface area contributed by atoms with Gasteiger partial charge in [-0.05, 0) is 24.6 Å². The first kappa shape index (κ1) is 11.7. The van der Waals surface area contributed by atoms with Crippen LogP contribution < -0.4 is 5.32 Å². The van der Waals surface area contributed by atoms with Gasteiger partial charge in [-0.2, -0.15) is 5.21 Å². The van der Waals surface area contributed by atoms with Crippen LogP contribution in [0.15, 0.2) is 22.7 Å². The summed E-state index contributed by atoms with van der Waals surface area (Å²) in [6.45, 7) is 2.14. The molecule has 1 heterocycles. The van der Waals surface area contributed by atoms with Crippen molar-refractivity contribution in [1.29, 1.82) is 0 Å². The van der Waals surface area contributed by atoms with E-state index in [0.29, 0.717) is 11.4 Å². The summed E-state index contributed by atoms with van der Waals surface area (Å²) in [7, 11) is 0. The summed E-state index contributed by atoms with van der Waals surface area (Å²) < 4.78 is 0.868. The van der Waals surface area contributed by atoms with Crippen LogP contribution in [0.3, 0.4) is 0 Å². The molecule has 0 spiro atoms. The molecule has 0 unspecified atom stereocenters. The molecule has 6 nitrogen and oxygen atoms in total. The number of carbonyl (C=O) groups is 1. The second-order valence-corrected chi connectivity index (χ2v) is 4.39. The van der Waals surface area contributed by atoms with Crippen LogP contribution in [0.1, 0.15) is 21.7 Å². The maximum atomic E-state index is 11.9. The number of aromatic amines is 1. The predicted molar refractivity (Wildman–Crippen MR) is 64.2 cm³/mol. The number of aryl methyl sites for hydroxylation is 1. The minimum atomic E-state index is -0.159. The van der Waals surface area contributed by atoms with Gasteiger partial charge in [-0.1, -0.05) is 27.2 Å². The van der Waals surface area contributed by atoms with Crippen molar-refractivity contribution < 1.29 is 4.79 Å². The van der Waals surface area contributed by atoms with Crippen LogP contribution >= 0.6 is 15.9 Å². The lowest BCUT2D eigenvalue weighted by atomic mass is 10.1. The number of halogens is 1. The topological polar surface area (TPSA) is 83.6 Å². The fourth-order valence-corrected chi connectivity index (χ4v) is 1.71. The monoisotopic (exact) mass is 295 g/mol. The summed E-state index contributed by atoms with van der Waals surface area (Å²) in [4.78, 5) is 11.9. The molecule has 1 amide bonds. The third-order valence-corrected chi connectivity index (χ3v) is 2.73. The average molecular weight is 296 g/mol. The van der Waals surface area contributed by atoms with E-state index in [1.54, 1.807) is 6.07 Å². The first-order chi connectivity index (χ1) is 8.16. The number of hydrogen-bond donors (Lipinski definition) is 2. The highest BCUT2D eigenvalue weighted by atomic mass is 79.9. The third-order valence-electron chi connectivity index (χ3n) is 2.24. The van der Waals surface area contributed by atoms with Crippen molar-refractivity contribution in [3.05, 3.63) is 39.6 Å². The summed E-state index contributed by atoms with van der Waals surface area (Å²) in [5.41, 5.74) is 1.54. The zero-order chi connectivity index (χ0) is 12.3. The van der Waals surface area contributed by atoms with Gasteiger partial charge >= 0.3 is 0 Å². The highest BCUT2D eigenvalue weighted by Crippen LogP contribution is 2.15. The van der Waals surface area contributed by atoms with Gasteiger partial charge in [-0.3, -0.25) is 4.79 Å². The molecule has 2 N–H and O–H groups in total. The van der Waals surface area contributed by atoms with E-state index in [2.05, 4.69) is 41.9 Å². The van der Waals surface area contributed by atoms with Crippen molar-refractivity contribution in [1.82, 2.24) is 25.9 Å². The standard InChI is InChI=1S/C10H10BrN5O/c1-6-2-3-7(11)4-8(6)10(17)12-5-9-13-15-16-14-9/h2-4H,5H2,1H3,(H,12,17)(H,13,14,15,16). The van der Waals surface area contributed by atoms with Crippen molar-refractivity contribution in [3.63, 3.8) is 0 Å². The molecule has 7 heteroatoms. The molecular formula is C10H10BrN5O. The van der Waals surface area contributed by atoms with E-state index in [9.17, 15) is 4.79 Å². The molecule has 0 radical (unpaired) electrons. The smallest absolute Gasteiger partial charge is 0.251 e. The second-order valence-electron chi connectivity index (χ2n) is 3.47. The van der Waals surface area contributed by atoms with Crippen LogP contribution in [0, 0.1) is 6.92 Å². The highest BCUT2D eigenvalue weighted by Gasteiger charge is 2.10. The molecule has 17 heavy (non-hydrogen) atoms. The van der Waals surface area contributed by atoms with Crippen molar-refractivity contribution in [2.24, 2.45) is 0 Å². The van der Waals surface area contributed by atoms with Crippen LogP contribution in [-0.2, 0) is 6.54 Å². The summed E-state index contributed by atoms with van der Waals surface area (Å²) in [5, 5.41) is 16.0. The van der Waals surface area contributed by atoms with Crippen molar-refractivity contribution in [2.45, 2.75) is 13.5 Å². The SMILES string of the molecule is Cc1ccc(Br)cc1C(=O)NCc1nn[nH]n1. The quantitative estimate of drug-likeness (QED) is 0.891. The third kappa shape index (κ3) is 2.88. The Bertz CT molecular complexity index is 525. The Labute approximate surface area is 106 Å². The van der Waals surface area contributed by atoms with E-state index in [-0.39, 0.29) is 12.5 Å². The first-order valence-electron chi connectivity index (χ1n) is 4.93. The van der Waals surface area contributed by atoms with Crippen LogP contribution in [0.5, 0.6) is 0 Å². The van der Waals surface area contributed by atoms with Crippen LogP contribution in [0.25, 0.3) is 0 Å². The molecule has 0 saturated heterocycles. The van der Waals surface area contributed by atoms with E-state index >= 15 is 0 Å². The minimum absolute atomic E-state index is 0.159. The van der Waals surface area contributed by atoms with Gasteiger partial charge in [-0.25, -0.2) is 0 Å². The number of hydrogen-bond acceptors (Lipinski definition) is 4. The van der Waals surface area contributed by atoms with E-state index in [0.717, 1.165) is 10.0 Å². The Kier molecular flexibility index (Phi) is 3.48. The Morgan fingerprint density at radius 2 is 2.35 bits per heavy atom. The normalized spacial score (nSPS) is 10.2. The van der Waals surface area contributed by atoms with Crippen molar-refractivity contribution in [3.8, 4) is 0 Å². The maximum Gasteiger partial charge on any atom is 0.251 e. The second kappa shape index (κ2) is 5.05. The van der Waals surface area contributed by atoms with E-state index < -0.39 is 0 Å². The first-order valence-corrected chi connectivity index (χ1v) is 5.73. The van der Waals surface area contributed by atoms with Crippen LogP contribution in [0.4, 0.5) is 0 Å². The van der Waals surface area contributed by atoms with Crippen LogP contribution in [0.2, 0.25) is 0 Å². The maximum absolute atomic E-state index is 11.9. The Morgan fingerprint density at radius 3 is 3.06 bits per heavy atom. The number of H-pyrrole nitrogens is 1. The molecular weight excluding hydrogens is 286 g/mol. The molecule has 0 aliphatic heterocycles. The molecule has 2 aromatic rings. The predicted octanol–water partition coefficient (Wildman–Crippen LogP) is 1.20. The van der Waals surface area contributed by atoms with E-state index in [1.165, 1.54) is 0 Å². The van der Waals surface area contributed by atoms with Gasteiger partial charge in [0.05, 0.1) is 6.54 Å². The van der Waals surface area contributed by atoms with Gasteiger partial charge in [0.25, 0.3) is 5.91 Å². The lowest BCUT2D eigenvalue weighted by Gasteiger charge is -2.06. The van der Waals surface area contributed by atoms with Gasteiger partial charge in [-0.15, -0.1) is 10.2 Å². The number of rotatable bonds is 3.